The van der Waals surface area contributed by atoms with Crippen LogP contribution in [0.25, 0.3) is 0 Å². The normalized spacial score (nSPS) is 14.7. The number of carbonyl (C=O) groups is 2. The molecule has 0 aliphatic rings. The number of amides is 2. The van der Waals surface area contributed by atoms with Gasteiger partial charge in [-0.25, -0.2) is 14.3 Å². The molecule has 11 heteroatoms. The summed E-state index contributed by atoms with van der Waals surface area (Å²) in [6.07, 6.45) is -8.13. The van der Waals surface area contributed by atoms with E-state index in [0.717, 1.165) is 35.7 Å². The second-order valence-electron chi connectivity index (χ2n) is 5.23. The number of benzene rings is 1. The minimum absolute atomic E-state index is 0.0666. The van der Waals surface area contributed by atoms with Crippen molar-refractivity contribution in [3.63, 3.8) is 0 Å². The first-order valence-electron chi connectivity index (χ1n) is 6.83. The van der Waals surface area contributed by atoms with Crippen molar-refractivity contribution in [2.75, 3.05) is 0 Å². The van der Waals surface area contributed by atoms with Crippen molar-refractivity contribution in [3.05, 3.63) is 35.4 Å². The van der Waals surface area contributed by atoms with Gasteiger partial charge in [-0.1, -0.05) is 5.92 Å². The molecule has 0 aliphatic heterocycles. The molecule has 0 aromatic heterocycles. The van der Waals surface area contributed by atoms with Crippen molar-refractivity contribution in [1.29, 1.82) is 0 Å². The molecule has 4 N–H and O–H groups in total. The fourth-order valence-corrected chi connectivity index (χ4v) is 1.73. The number of halogens is 5. The Labute approximate surface area is 144 Å². The van der Waals surface area contributed by atoms with Gasteiger partial charge in [0.25, 0.3) is 18.2 Å². The summed E-state index contributed by atoms with van der Waals surface area (Å²) in [6.45, 7) is 0.577. The SMILES string of the molecule is CC(O)(C(F)F)C(NC(=O)c1ccc(C#CC(F)(F)F)cc1)C(=O)NO. The van der Waals surface area contributed by atoms with Gasteiger partial charge in [0, 0.05) is 17.0 Å². The number of hydrogen-bond donors (Lipinski definition) is 4. The number of nitrogens with one attached hydrogen (secondary N) is 2. The molecule has 26 heavy (non-hydrogen) atoms. The highest BCUT2D eigenvalue weighted by atomic mass is 19.4. The third-order valence-electron chi connectivity index (χ3n) is 3.17. The summed E-state index contributed by atoms with van der Waals surface area (Å²) in [5.74, 6) is 0.264. The van der Waals surface area contributed by atoms with E-state index < -0.39 is 36.1 Å². The fraction of sp³-hybridized carbons (Fsp3) is 0.333. The zero-order valence-electron chi connectivity index (χ0n) is 13.1. The molecular formula is C15H13F5N2O4. The van der Waals surface area contributed by atoms with Crippen molar-refractivity contribution >= 4 is 11.8 Å². The summed E-state index contributed by atoms with van der Waals surface area (Å²) >= 11 is 0. The molecule has 2 amide bonds. The lowest BCUT2D eigenvalue weighted by atomic mass is 9.95. The van der Waals surface area contributed by atoms with Crippen molar-refractivity contribution < 1.29 is 41.9 Å². The van der Waals surface area contributed by atoms with Crippen LogP contribution in [0, 0.1) is 11.8 Å². The molecule has 0 spiro atoms. The molecule has 0 aliphatic carbocycles. The summed E-state index contributed by atoms with van der Waals surface area (Å²) < 4.78 is 61.7. The maximum atomic E-state index is 12.9. The van der Waals surface area contributed by atoms with Crippen molar-refractivity contribution in [3.8, 4) is 11.8 Å². The molecule has 1 aromatic rings. The van der Waals surface area contributed by atoms with Crippen molar-refractivity contribution in [2.45, 2.75) is 31.2 Å². The second-order valence-corrected chi connectivity index (χ2v) is 5.23. The molecule has 2 atom stereocenters. The Hall–Kier alpha value is -2.71. The molecule has 6 nitrogen and oxygen atoms in total. The van der Waals surface area contributed by atoms with E-state index in [4.69, 9.17) is 5.21 Å². The fourth-order valence-electron chi connectivity index (χ4n) is 1.73. The van der Waals surface area contributed by atoms with Gasteiger partial charge in [0.05, 0.1) is 0 Å². The summed E-state index contributed by atoms with van der Waals surface area (Å²) in [5.41, 5.74) is -2.22. The van der Waals surface area contributed by atoms with Gasteiger partial charge in [-0.05, 0) is 31.2 Å². The van der Waals surface area contributed by atoms with Crippen LogP contribution in [0.15, 0.2) is 24.3 Å². The first-order chi connectivity index (χ1) is 11.9. The average molecular weight is 380 g/mol. The lowest BCUT2D eigenvalue weighted by molar-refractivity contribution is -0.149. The Morgan fingerprint density at radius 1 is 1.15 bits per heavy atom. The first kappa shape index (κ1) is 21.3. The zero-order chi connectivity index (χ0) is 20.1. The van der Waals surface area contributed by atoms with E-state index in [0.29, 0.717) is 6.92 Å². The molecule has 2 unspecified atom stereocenters. The molecule has 0 fully saturated rings. The van der Waals surface area contributed by atoms with Crippen LogP contribution in [-0.4, -0.2) is 46.4 Å². The lowest BCUT2D eigenvalue weighted by Crippen LogP contribution is -2.61. The molecule has 1 aromatic carbocycles. The summed E-state index contributed by atoms with van der Waals surface area (Å²) in [7, 11) is 0. The third kappa shape index (κ3) is 5.68. The monoisotopic (exact) mass is 380 g/mol. The smallest absolute Gasteiger partial charge is 0.381 e. The van der Waals surface area contributed by atoms with E-state index in [2.05, 4.69) is 0 Å². The maximum Gasteiger partial charge on any atom is 0.458 e. The van der Waals surface area contributed by atoms with E-state index >= 15 is 0 Å². The van der Waals surface area contributed by atoms with E-state index in [1.54, 1.807) is 0 Å². The Morgan fingerprint density at radius 2 is 1.69 bits per heavy atom. The topological polar surface area (TPSA) is 98.7 Å². The van der Waals surface area contributed by atoms with Crippen LogP contribution in [0.3, 0.4) is 0 Å². The van der Waals surface area contributed by atoms with E-state index in [-0.39, 0.29) is 11.1 Å². The van der Waals surface area contributed by atoms with Crippen LogP contribution < -0.4 is 10.8 Å². The van der Waals surface area contributed by atoms with Crippen LogP contribution in [0.4, 0.5) is 22.0 Å². The van der Waals surface area contributed by atoms with Crippen LogP contribution in [0.1, 0.15) is 22.8 Å². The van der Waals surface area contributed by atoms with Gasteiger partial charge in [-0.15, -0.1) is 0 Å². The zero-order valence-corrected chi connectivity index (χ0v) is 13.1. The van der Waals surface area contributed by atoms with Gasteiger partial charge in [-0.3, -0.25) is 14.8 Å². The maximum absolute atomic E-state index is 12.9. The van der Waals surface area contributed by atoms with Crippen molar-refractivity contribution in [1.82, 2.24) is 10.8 Å². The number of hydrogen-bond acceptors (Lipinski definition) is 4. The number of carbonyl (C=O) groups excluding carboxylic acids is 2. The molecule has 0 saturated carbocycles. The van der Waals surface area contributed by atoms with Crippen LogP contribution in [-0.2, 0) is 4.79 Å². The van der Waals surface area contributed by atoms with Crippen molar-refractivity contribution in [2.24, 2.45) is 0 Å². The minimum Gasteiger partial charge on any atom is -0.381 e. The predicted octanol–water partition coefficient (Wildman–Crippen LogP) is 1.22. The Bertz CT molecular complexity index is 720. The van der Waals surface area contributed by atoms with Gasteiger partial charge in [0.1, 0.15) is 6.04 Å². The van der Waals surface area contributed by atoms with Crippen LogP contribution in [0.2, 0.25) is 0 Å². The van der Waals surface area contributed by atoms with Gasteiger partial charge in [-0.2, -0.15) is 13.2 Å². The summed E-state index contributed by atoms with van der Waals surface area (Å²) in [5, 5.41) is 20.1. The molecule has 142 valence electrons. The largest absolute Gasteiger partial charge is 0.458 e. The Balaban J connectivity index is 3.00. The number of rotatable bonds is 5. The second kappa shape index (κ2) is 8.11. The molecule has 0 heterocycles. The molecular weight excluding hydrogens is 367 g/mol. The van der Waals surface area contributed by atoms with E-state index in [1.165, 1.54) is 0 Å². The predicted molar refractivity (Wildman–Crippen MR) is 77.2 cm³/mol. The van der Waals surface area contributed by atoms with E-state index in [1.807, 2.05) is 11.2 Å². The van der Waals surface area contributed by atoms with Gasteiger partial charge in [0.2, 0.25) is 0 Å². The van der Waals surface area contributed by atoms with Crippen LogP contribution >= 0.6 is 0 Å². The third-order valence-corrected chi connectivity index (χ3v) is 3.17. The molecule has 0 saturated heterocycles. The summed E-state index contributed by atoms with van der Waals surface area (Å²) in [4.78, 5) is 23.5. The van der Waals surface area contributed by atoms with Gasteiger partial charge in [0.15, 0.2) is 5.60 Å². The van der Waals surface area contributed by atoms with Gasteiger partial charge >= 0.3 is 6.18 Å². The number of aliphatic hydroxyl groups is 1. The van der Waals surface area contributed by atoms with Gasteiger partial charge < -0.3 is 10.4 Å². The molecule has 0 radical (unpaired) electrons. The highest BCUT2D eigenvalue weighted by Gasteiger charge is 2.46. The Kier molecular flexibility index (Phi) is 6.66. The highest BCUT2D eigenvalue weighted by molar-refractivity contribution is 5.97. The lowest BCUT2D eigenvalue weighted by Gasteiger charge is -2.30. The number of alkyl halides is 5. The summed E-state index contributed by atoms with van der Waals surface area (Å²) in [6, 6.07) is 2.02. The Morgan fingerprint density at radius 3 is 2.12 bits per heavy atom. The van der Waals surface area contributed by atoms with E-state index in [9.17, 15) is 36.6 Å². The quantitative estimate of drug-likeness (QED) is 0.267. The number of hydroxylamine groups is 1. The molecule has 0 bridgehead atoms. The van der Waals surface area contributed by atoms with Crippen LogP contribution in [0.5, 0.6) is 0 Å². The minimum atomic E-state index is -4.69. The average Bonchev–Trinajstić information content (AvgIpc) is 2.56. The highest BCUT2D eigenvalue weighted by Crippen LogP contribution is 2.20. The first-order valence-corrected chi connectivity index (χ1v) is 6.83. The standard InChI is InChI=1S/C15H13F5N2O4/c1-14(25,13(16)17)10(12(24)22-26)21-11(23)9-4-2-8(3-5-9)6-7-15(18,19)20/h2-5,10,13,25-26H,1H3,(H,21,23)(H,22,24). The molecule has 1 rings (SSSR count).